The molecule has 0 bridgehead atoms. The SMILES string of the molecule is O[SiH](O)C=Cc1ccccc1. The van der Waals surface area contributed by atoms with E-state index >= 15 is 0 Å². The molecule has 0 aliphatic carbocycles. The minimum Gasteiger partial charge on any atom is -0.410 e. The molecule has 3 heteroatoms. The summed E-state index contributed by atoms with van der Waals surface area (Å²) in [5.41, 5.74) is 2.45. The molecule has 0 atom stereocenters. The molecule has 0 aliphatic rings. The zero-order valence-electron chi connectivity index (χ0n) is 6.01. The van der Waals surface area contributed by atoms with Gasteiger partial charge in [0.2, 0.25) is 0 Å². The van der Waals surface area contributed by atoms with Crippen LogP contribution >= 0.6 is 0 Å². The Morgan fingerprint density at radius 3 is 2.27 bits per heavy atom. The quantitative estimate of drug-likeness (QED) is 0.626. The first kappa shape index (κ1) is 8.20. The van der Waals surface area contributed by atoms with Crippen LogP contribution in [0, 0.1) is 0 Å². The smallest absolute Gasteiger partial charge is 0.342 e. The van der Waals surface area contributed by atoms with E-state index in [2.05, 4.69) is 0 Å². The van der Waals surface area contributed by atoms with Crippen molar-refractivity contribution in [2.24, 2.45) is 0 Å². The zero-order valence-corrected chi connectivity index (χ0v) is 7.17. The van der Waals surface area contributed by atoms with E-state index in [0.29, 0.717) is 0 Å². The first-order chi connectivity index (χ1) is 5.29. The third kappa shape index (κ3) is 3.13. The molecule has 2 N–H and O–H groups in total. The molecular weight excluding hydrogens is 156 g/mol. The van der Waals surface area contributed by atoms with Crippen molar-refractivity contribution in [1.82, 2.24) is 0 Å². The van der Waals surface area contributed by atoms with Crippen LogP contribution in [0.4, 0.5) is 0 Å². The van der Waals surface area contributed by atoms with Crippen molar-refractivity contribution in [3.05, 3.63) is 41.6 Å². The second-order valence-corrected chi connectivity index (χ2v) is 3.40. The van der Waals surface area contributed by atoms with Crippen LogP contribution in [0.2, 0.25) is 0 Å². The molecule has 0 aromatic heterocycles. The van der Waals surface area contributed by atoms with Gasteiger partial charge in [-0.25, -0.2) is 0 Å². The van der Waals surface area contributed by atoms with Gasteiger partial charge in [-0.15, -0.1) is 0 Å². The lowest BCUT2D eigenvalue weighted by Crippen LogP contribution is -2.05. The van der Waals surface area contributed by atoms with Crippen LogP contribution in [0.5, 0.6) is 0 Å². The highest BCUT2D eigenvalue weighted by molar-refractivity contribution is 6.48. The summed E-state index contributed by atoms with van der Waals surface area (Å²) >= 11 is 0. The predicted molar refractivity (Wildman–Crippen MR) is 47.1 cm³/mol. The van der Waals surface area contributed by atoms with Gasteiger partial charge < -0.3 is 9.59 Å². The molecule has 0 aliphatic heterocycles. The van der Waals surface area contributed by atoms with Gasteiger partial charge in [-0.2, -0.15) is 0 Å². The van der Waals surface area contributed by atoms with Gasteiger partial charge in [0, 0.05) is 0 Å². The van der Waals surface area contributed by atoms with Gasteiger partial charge in [-0.05, 0) is 11.3 Å². The Morgan fingerprint density at radius 1 is 1.09 bits per heavy atom. The first-order valence-electron chi connectivity index (χ1n) is 3.38. The van der Waals surface area contributed by atoms with E-state index in [-0.39, 0.29) is 0 Å². The van der Waals surface area contributed by atoms with Crippen molar-refractivity contribution in [3.63, 3.8) is 0 Å². The summed E-state index contributed by atoms with van der Waals surface area (Å²) in [5, 5.41) is 0. The van der Waals surface area contributed by atoms with Crippen molar-refractivity contribution in [3.8, 4) is 0 Å². The van der Waals surface area contributed by atoms with E-state index in [0.717, 1.165) is 5.56 Å². The standard InChI is InChI=1S/C8H10O2Si/c9-11(10)7-6-8-4-2-1-3-5-8/h1-7,9-11H. The van der Waals surface area contributed by atoms with Crippen LogP contribution in [0.15, 0.2) is 36.0 Å². The van der Waals surface area contributed by atoms with E-state index in [1.165, 1.54) is 5.70 Å². The minimum atomic E-state index is -2.52. The summed E-state index contributed by atoms with van der Waals surface area (Å²) < 4.78 is 0. The normalized spacial score (nSPS) is 11.2. The van der Waals surface area contributed by atoms with Crippen LogP contribution in [-0.4, -0.2) is 18.9 Å². The van der Waals surface area contributed by atoms with E-state index < -0.39 is 9.28 Å². The summed E-state index contributed by atoms with van der Waals surface area (Å²) in [6.45, 7) is 0. The maximum atomic E-state index is 8.62. The molecule has 58 valence electrons. The number of hydrogen-bond acceptors (Lipinski definition) is 2. The Bertz CT molecular complexity index is 231. The fourth-order valence-corrected chi connectivity index (χ4v) is 1.16. The lowest BCUT2D eigenvalue weighted by molar-refractivity contribution is 0.424. The van der Waals surface area contributed by atoms with Gasteiger partial charge in [-0.3, -0.25) is 0 Å². The van der Waals surface area contributed by atoms with Crippen molar-refractivity contribution >= 4 is 15.4 Å². The van der Waals surface area contributed by atoms with Crippen molar-refractivity contribution < 1.29 is 9.59 Å². The van der Waals surface area contributed by atoms with Gasteiger partial charge in [-0.1, -0.05) is 36.4 Å². The van der Waals surface area contributed by atoms with Gasteiger partial charge >= 0.3 is 9.28 Å². The van der Waals surface area contributed by atoms with E-state index in [1.54, 1.807) is 6.08 Å². The molecule has 0 amide bonds. The Hall–Kier alpha value is -0.903. The van der Waals surface area contributed by atoms with Crippen LogP contribution in [0.3, 0.4) is 0 Å². The fraction of sp³-hybridized carbons (Fsp3) is 0. The molecule has 1 aromatic rings. The molecule has 11 heavy (non-hydrogen) atoms. The average Bonchev–Trinajstić information content (AvgIpc) is 2.03. The van der Waals surface area contributed by atoms with Gasteiger partial charge in [0.1, 0.15) is 0 Å². The molecule has 0 saturated carbocycles. The molecule has 1 aromatic carbocycles. The van der Waals surface area contributed by atoms with Crippen molar-refractivity contribution in [2.45, 2.75) is 0 Å². The maximum Gasteiger partial charge on any atom is 0.342 e. The molecule has 1 rings (SSSR count). The summed E-state index contributed by atoms with van der Waals surface area (Å²) in [6.07, 6.45) is 1.72. The van der Waals surface area contributed by atoms with Crippen LogP contribution < -0.4 is 0 Å². The molecule has 0 unspecified atom stereocenters. The van der Waals surface area contributed by atoms with Crippen molar-refractivity contribution in [1.29, 1.82) is 0 Å². The number of hydrogen-bond donors (Lipinski definition) is 2. The van der Waals surface area contributed by atoms with E-state index in [1.807, 2.05) is 30.3 Å². The highest BCUT2D eigenvalue weighted by Gasteiger charge is 1.91. The topological polar surface area (TPSA) is 40.5 Å². The molecule has 2 nitrogen and oxygen atoms in total. The second kappa shape index (κ2) is 4.08. The third-order valence-corrected chi connectivity index (χ3v) is 1.80. The van der Waals surface area contributed by atoms with E-state index in [9.17, 15) is 0 Å². The third-order valence-electron chi connectivity index (χ3n) is 1.26. The highest BCUT2D eigenvalue weighted by Crippen LogP contribution is 2.00. The van der Waals surface area contributed by atoms with Gasteiger partial charge in [0.15, 0.2) is 0 Å². The zero-order chi connectivity index (χ0) is 8.10. The van der Waals surface area contributed by atoms with Crippen molar-refractivity contribution in [2.75, 3.05) is 0 Å². The Labute approximate surface area is 67.3 Å². The molecule has 0 spiro atoms. The first-order valence-corrected chi connectivity index (χ1v) is 5.08. The molecule has 0 saturated heterocycles. The Morgan fingerprint density at radius 2 is 1.73 bits per heavy atom. The number of rotatable bonds is 2. The van der Waals surface area contributed by atoms with Gasteiger partial charge in [0.25, 0.3) is 0 Å². The maximum absolute atomic E-state index is 8.62. The monoisotopic (exact) mass is 166 g/mol. The van der Waals surface area contributed by atoms with Gasteiger partial charge in [0.05, 0.1) is 0 Å². The number of benzene rings is 1. The lowest BCUT2D eigenvalue weighted by Gasteiger charge is -1.91. The summed E-state index contributed by atoms with van der Waals surface area (Å²) in [6, 6.07) is 9.56. The van der Waals surface area contributed by atoms with Crippen LogP contribution in [-0.2, 0) is 0 Å². The summed E-state index contributed by atoms with van der Waals surface area (Å²) in [5.74, 6) is 0. The predicted octanol–water partition coefficient (Wildman–Crippen LogP) is 0.444. The average molecular weight is 166 g/mol. The molecule has 0 fully saturated rings. The summed E-state index contributed by atoms with van der Waals surface area (Å²) in [4.78, 5) is 17.2. The second-order valence-electron chi connectivity index (χ2n) is 2.18. The molecule has 0 radical (unpaired) electrons. The van der Waals surface area contributed by atoms with Crippen LogP contribution in [0.25, 0.3) is 6.08 Å². The largest absolute Gasteiger partial charge is 0.410 e. The summed E-state index contributed by atoms with van der Waals surface area (Å²) in [7, 11) is -2.52. The Kier molecular flexibility index (Phi) is 3.04. The highest BCUT2D eigenvalue weighted by atomic mass is 28.3. The van der Waals surface area contributed by atoms with Crippen LogP contribution in [0.1, 0.15) is 5.56 Å². The van der Waals surface area contributed by atoms with E-state index in [4.69, 9.17) is 9.59 Å². The molecule has 0 heterocycles. The molecular formula is C8H10O2Si. The minimum absolute atomic E-state index is 0.994. The Balaban J connectivity index is 2.65. The fourth-order valence-electron chi connectivity index (χ4n) is 0.761. The lowest BCUT2D eigenvalue weighted by atomic mass is 10.2.